The molecule has 6 nitrogen and oxygen atoms in total. The number of carbonyl (C=O) groups excluding carboxylic acids is 1. The Morgan fingerprint density at radius 2 is 1.77 bits per heavy atom. The van der Waals surface area contributed by atoms with Crippen LogP contribution in [0.3, 0.4) is 0 Å². The first-order chi connectivity index (χ1) is 10.4. The predicted molar refractivity (Wildman–Crippen MR) is 92.1 cm³/mol. The second-order valence-corrected chi connectivity index (χ2v) is 6.79. The zero-order valence-electron chi connectivity index (χ0n) is 14.7. The fraction of sp³-hybridized carbons (Fsp3) is 0.933. The molecule has 0 spiro atoms. The Hall–Kier alpha value is -0.560. The van der Waals surface area contributed by atoms with Crippen molar-refractivity contribution in [1.82, 2.24) is 15.1 Å². The first-order valence-electron chi connectivity index (χ1n) is 8.16. The summed E-state index contributed by atoms with van der Waals surface area (Å²) in [6, 6.07) is -0.103. The predicted octanol–water partition coefficient (Wildman–Crippen LogP) is 1.65. The van der Waals surface area contributed by atoms with Crippen LogP contribution >= 0.6 is 11.8 Å². The van der Waals surface area contributed by atoms with Crippen molar-refractivity contribution in [1.29, 1.82) is 0 Å². The quantitative estimate of drug-likeness (QED) is 0.305. The third kappa shape index (κ3) is 14.4. The van der Waals surface area contributed by atoms with Gasteiger partial charge in [-0.15, -0.1) is 0 Å². The van der Waals surface area contributed by atoms with Gasteiger partial charge in [-0.25, -0.2) is 9.21 Å². The van der Waals surface area contributed by atoms with Crippen LogP contribution in [0.1, 0.15) is 26.2 Å². The van der Waals surface area contributed by atoms with Crippen LogP contribution in [-0.2, 0) is 4.74 Å². The van der Waals surface area contributed by atoms with Crippen LogP contribution in [0, 0.1) is 0 Å². The van der Waals surface area contributed by atoms with E-state index in [0.29, 0.717) is 13.1 Å². The van der Waals surface area contributed by atoms with Crippen LogP contribution in [0.2, 0.25) is 0 Å². The molecule has 0 atom stereocenters. The monoisotopic (exact) mass is 337 g/mol. The van der Waals surface area contributed by atoms with Crippen molar-refractivity contribution in [2.24, 2.45) is 0 Å². The van der Waals surface area contributed by atoms with Gasteiger partial charge in [-0.2, -0.15) is 0 Å². The molecule has 0 aromatic rings. The minimum atomic E-state index is -0.103. The lowest BCUT2D eigenvalue weighted by atomic mass is 10.3. The van der Waals surface area contributed by atoms with E-state index in [4.69, 9.17) is 16.5 Å². The van der Waals surface area contributed by atoms with Crippen molar-refractivity contribution in [2.75, 3.05) is 67.1 Å². The Kier molecular flexibility index (Phi) is 12.6. The highest BCUT2D eigenvalue weighted by Gasteiger charge is 2.14. The fourth-order valence-electron chi connectivity index (χ4n) is 1.94. The number of hydrogen-bond acceptors (Lipinski definition) is 3. The molecule has 0 heterocycles. The summed E-state index contributed by atoms with van der Waals surface area (Å²) in [5, 5.41) is 5.71. The molecule has 0 saturated heterocycles. The number of carbonyl (C=O) groups is 1. The number of ether oxygens (including phenoxy) is 1. The number of nitrogens with zero attached hydrogens (tertiary/aromatic N) is 2. The molecule has 0 saturated carbocycles. The van der Waals surface area contributed by atoms with Gasteiger partial charge in [0.1, 0.15) is 6.54 Å². The molecule has 0 bridgehead atoms. The first-order valence-corrected chi connectivity index (χ1v) is 8.49. The molecule has 0 fully saturated rings. The minimum absolute atomic E-state index is 0.103. The third-order valence-electron chi connectivity index (χ3n) is 3.34. The van der Waals surface area contributed by atoms with Crippen LogP contribution in [0.4, 0.5) is 4.79 Å². The number of quaternary nitrogens is 1. The zero-order valence-corrected chi connectivity index (χ0v) is 15.4. The van der Waals surface area contributed by atoms with Gasteiger partial charge in [0.2, 0.25) is 0 Å². The van der Waals surface area contributed by atoms with Crippen LogP contribution in [-0.4, -0.2) is 82.0 Å². The molecule has 132 valence electrons. The van der Waals surface area contributed by atoms with Crippen LogP contribution in [0.5, 0.6) is 0 Å². The Morgan fingerprint density at radius 3 is 2.36 bits per heavy atom. The SMILES string of the molecule is CCCOCC[N+](C)(C)CCCNC(=O)NCCCN(C)Cl. The van der Waals surface area contributed by atoms with Crippen LogP contribution < -0.4 is 10.6 Å². The van der Waals surface area contributed by atoms with Crippen molar-refractivity contribution in [2.45, 2.75) is 26.2 Å². The molecule has 2 amide bonds. The van der Waals surface area contributed by atoms with E-state index in [1.165, 1.54) is 0 Å². The zero-order chi connectivity index (χ0) is 16.8. The molecule has 0 rings (SSSR count). The lowest BCUT2D eigenvalue weighted by molar-refractivity contribution is -0.890. The number of rotatable bonds is 13. The number of nitrogens with one attached hydrogen (secondary N) is 2. The average Bonchev–Trinajstić information content (AvgIpc) is 2.44. The molecule has 0 unspecified atom stereocenters. The number of urea groups is 1. The summed E-state index contributed by atoms with van der Waals surface area (Å²) >= 11 is 5.69. The summed E-state index contributed by atoms with van der Waals surface area (Å²) in [5.41, 5.74) is 0. The Morgan fingerprint density at radius 1 is 1.14 bits per heavy atom. The van der Waals surface area contributed by atoms with Gasteiger partial charge in [-0.1, -0.05) is 6.92 Å². The molecule has 0 aromatic heterocycles. The average molecular weight is 338 g/mol. The van der Waals surface area contributed by atoms with Gasteiger partial charge in [0.15, 0.2) is 0 Å². The Balaban J connectivity index is 3.54. The standard InChI is InChI=1S/C15H33ClN4O2/c1-5-13-22-14-12-20(3,4)11-7-9-18-15(21)17-8-6-10-19(2)16/h5-14H2,1-4H3,(H-,17,18,21)/p+1. The molecular weight excluding hydrogens is 304 g/mol. The lowest BCUT2D eigenvalue weighted by Crippen LogP contribution is -2.45. The molecule has 22 heavy (non-hydrogen) atoms. The van der Waals surface area contributed by atoms with E-state index in [-0.39, 0.29) is 6.03 Å². The van der Waals surface area contributed by atoms with Gasteiger partial charge in [-0.3, -0.25) is 0 Å². The van der Waals surface area contributed by atoms with Crippen molar-refractivity contribution in [3.8, 4) is 0 Å². The third-order valence-corrected chi connectivity index (χ3v) is 3.51. The normalized spacial score (nSPS) is 11.7. The van der Waals surface area contributed by atoms with Crippen molar-refractivity contribution < 1.29 is 14.0 Å². The van der Waals surface area contributed by atoms with E-state index in [1.54, 1.807) is 11.5 Å². The van der Waals surface area contributed by atoms with Gasteiger partial charge >= 0.3 is 6.03 Å². The van der Waals surface area contributed by atoms with E-state index in [2.05, 4.69) is 31.7 Å². The highest BCUT2D eigenvalue weighted by atomic mass is 35.5. The number of hydrogen-bond donors (Lipinski definition) is 2. The van der Waals surface area contributed by atoms with Crippen molar-refractivity contribution in [3.05, 3.63) is 0 Å². The highest BCUT2D eigenvalue weighted by molar-refractivity contribution is 6.13. The molecular formula is C15H34ClN4O2+. The molecule has 0 aromatic carbocycles. The van der Waals surface area contributed by atoms with Gasteiger partial charge < -0.3 is 19.9 Å². The maximum absolute atomic E-state index is 11.6. The first kappa shape index (κ1) is 21.4. The topological polar surface area (TPSA) is 53.6 Å². The van der Waals surface area contributed by atoms with Crippen molar-refractivity contribution in [3.63, 3.8) is 0 Å². The maximum Gasteiger partial charge on any atom is 0.314 e. The van der Waals surface area contributed by atoms with Gasteiger partial charge in [0.05, 0.1) is 27.2 Å². The number of amides is 2. The largest absolute Gasteiger partial charge is 0.376 e. The summed E-state index contributed by atoms with van der Waals surface area (Å²) in [6.07, 6.45) is 2.86. The molecule has 0 aliphatic heterocycles. The summed E-state index contributed by atoms with van der Waals surface area (Å²) in [7, 11) is 6.19. The minimum Gasteiger partial charge on any atom is -0.376 e. The second kappa shape index (κ2) is 12.9. The lowest BCUT2D eigenvalue weighted by Gasteiger charge is -2.29. The van der Waals surface area contributed by atoms with Crippen molar-refractivity contribution >= 4 is 17.8 Å². The van der Waals surface area contributed by atoms with E-state index in [1.807, 2.05) is 0 Å². The molecule has 0 aliphatic rings. The van der Waals surface area contributed by atoms with Crippen LogP contribution in [0.15, 0.2) is 0 Å². The second-order valence-electron chi connectivity index (χ2n) is 6.21. The van der Waals surface area contributed by atoms with E-state index < -0.39 is 0 Å². The molecule has 2 N–H and O–H groups in total. The van der Waals surface area contributed by atoms with E-state index in [0.717, 1.165) is 56.6 Å². The summed E-state index contributed by atoms with van der Waals surface area (Å²) in [5.74, 6) is 0. The molecule has 0 aliphatic carbocycles. The highest BCUT2D eigenvalue weighted by Crippen LogP contribution is 1.99. The van der Waals surface area contributed by atoms with Gasteiger partial charge in [-0.05, 0) is 24.6 Å². The number of halogens is 1. The molecule has 7 heteroatoms. The van der Waals surface area contributed by atoms with E-state index in [9.17, 15) is 4.79 Å². The Bertz CT molecular complexity index is 289. The molecule has 0 radical (unpaired) electrons. The van der Waals surface area contributed by atoms with E-state index >= 15 is 0 Å². The van der Waals surface area contributed by atoms with Gasteiger partial charge in [0.25, 0.3) is 0 Å². The van der Waals surface area contributed by atoms with Gasteiger partial charge in [0, 0.05) is 39.7 Å². The fourth-order valence-corrected chi connectivity index (χ4v) is 2.06. The Labute approximate surface area is 140 Å². The maximum atomic E-state index is 11.6. The summed E-state index contributed by atoms with van der Waals surface area (Å²) in [4.78, 5) is 11.6. The summed E-state index contributed by atoms with van der Waals surface area (Å²) in [6.45, 7) is 7.85. The van der Waals surface area contributed by atoms with Crippen LogP contribution in [0.25, 0.3) is 0 Å². The number of likely N-dealkylation sites (N-methyl/N-ethyl adjacent to an activating group) is 1. The smallest absolute Gasteiger partial charge is 0.314 e. The summed E-state index contributed by atoms with van der Waals surface area (Å²) < 4.78 is 8.03.